The first-order valence-electron chi connectivity index (χ1n) is 5.87. The second-order valence-corrected chi connectivity index (χ2v) is 4.86. The third kappa shape index (κ3) is 2.47. The van der Waals surface area contributed by atoms with Gasteiger partial charge in [0.25, 0.3) is 5.91 Å². The van der Waals surface area contributed by atoms with E-state index < -0.39 is 11.6 Å². The fourth-order valence-corrected chi connectivity index (χ4v) is 1.99. The Balaban J connectivity index is 2.41. The van der Waals surface area contributed by atoms with Gasteiger partial charge in [-0.25, -0.2) is 0 Å². The second kappa shape index (κ2) is 4.46. The molecule has 102 valence electrons. The zero-order valence-electron chi connectivity index (χ0n) is 10.7. The molecule has 0 aromatic heterocycles. The number of aromatic hydroxyl groups is 1. The van der Waals surface area contributed by atoms with Crippen molar-refractivity contribution in [3.63, 3.8) is 0 Å². The molecule has 1 aromatic carbocycles. The van der Waals surface area contributed by atoms with E-state index in [1.807, 2.05) is 0 Å². The molecule has 19 heavy (non-hydrogen) atoms. The van der Waals surface area contributed by atoms with Crippen molar-refractivity contribution >= 4 is 17.6 Å². The first-order chi connectivity index (χ1) is 8.81. The summed E-state index contributed by atoms with van der Waals surface area (Å²) in [5.74, 6) is -0.867. The molecule has 6 nitrogen and oxygen atoms in total. The topological polar surface area (TPSA) is 87.1 Å². The number of nitrogens with zero attached hydrogens (tertiary/aromatic N) is 1. The smallest absolute Gasteiger partial charge is 0.305 e. The van der Waals surface area contributed by atoms with E-state index in [4.69, 9.17) is 9.84 Å². The van der Waals surface area contributed by atoms with Crippen molar-refractivity contribution < 1.29 is 24.5 Å². The van der Waals surface area contributed by atoms with Crippen LogP contribution in [0.25, 0.3) is 0 Å². The number of ether oxygens (including phenoxy) is 1. The highest BCUT2D eigenvalue weighted by atomic mass is 16.5. The Morgan fingerprint density at radius 1 is 1.42 bits per heavy atom. The Bertz CT molecular complexity index is 538. The maximum absolute atomic E-state index is 12.3. The van der Waals surface area contributed by atoms with Gasteiger partial charge in [0.1, 0.15) is 11.5 Å². The van der Waals surface area contributed by atoms with Crippen LogP contribution in [0, 0.1) is 0 Å². The van der Waals surface area contributed by atoms with E-state index in [9.17, 15) is 14.7 Å². The highest BCUT2D eigenvalue weighted by molar-refractivity contribution is 6.02. The number of hydrogen-bond acceptors (Lipinski definition) is 4. The number of benzene rings is 1. The average Bonchev–Trinajstić information content (AvgIpc) is 2.30. The molecule has 0 fully saturated rings. The number of phenolic OH excluding ortho intramolecular Hbond substituents is 1. The highest BCUT2D eigenvalue weighted by Crippen LogP contribution is 2.39. The van der Waals surface area contributed by atoms with E-state index in [2.05, 4.69) is 0 Å². The van der Waals surface area contributed by atoms with Crippen molar-refractivity contribution in [2.75, 3.05) is 11.4 Å². The summed E-state index contributed by atoms with van der Waals surface area (Å²) in [6, 6.07) is 4.41. The molecule has 0 saturated carbocycles. The van der Waals surface area contributed by atoms with E-state index in [0.29, 0.717) is 11.4 Å². The van der Waals surface area contributed by atoms with Crippen molar-refractivity contribution in [2.24, 2.45) is 0 Å². The number of fused-ring (bicyclic) bond motifs is 1. The van der Waals surface area contributed by atoms with Crippen LogP contribution in [0.3, 0.4) is 0 Å². The molecule has 1 heterocycles. The number of phenols is 1. The number of anilines is 1. The van der Waals surface area contributed by atoms with Gasteiger partial charge in [-0.3, -0.25) is 9.59 Å². The van der Waals surface area contributed by atoms with Gasteiger partial charge in [-0.05, 0) is 26.0 Å². The van der Waals surface area contributed by atoms with E-state index >= 15 is 0 Å². The molecule has 6 heteroatoms. The molecular weight excluding hydrogens is 250 g/mol. The zero-order valence-corrected chi connectivity index (χ0v) is 10.7. The van der Waals surface area contributed by atoms with Crippen LogP contribution in [-0.4, -0.2) is 34.2 Å². The number of carboxylic acids is 1. The molecule has 0 spiro atoms. The van der Waals surface area contributed by atoms with Gasteiger partial charge in [0.05, 0.1) is 12.1 Å². The third-order valence-corrected chi connectivity index (χ3v) is 2.91. The zero-order chi connectivity index (χ0) is 14.2. The van der Waals surface area contributed by atoms with E-state index in [-0.39, 0.29) is 24.6 Å². The minimum Gasteiger partial charge on any atom is -0.508 e. The van der Waals surface area contributed by atoms with Gasteiger partial charge in [-0.1, -0.05) is 0 Å². The van der Waals surface area contributed by atoms with Crippen molar-refractivity contribution in [3.8, 4) is 11.5 Å². The molecule has 0 saturated heterocycles. The molecule has 1 aliphatic rings. The van der Waals surface area contributed by atoms with Crippen LogP contribution in [0.2, 0.25) is 0 Å². The Labute approximate surface area is 110 Å². The number of amides is 1. The Hall–Kier alpha value is -2.24. The van der Waals surface area contributed by atoms with Crippen LogP contribution < -0.4 is 9.64 Å². The van der Waals surface area contributed by atoms with Crippen LogP contribution in [0.1, 0.15) is 20.3 Å². The molecule has 0 bridgehead atoms. The lowest BCUT2D eigenvalue weighted by Crippen LogP contribution is -2.53. The maximum atomic E-state index is 12.3. The third-order valence-electron chi connectivity index (χ3n) is 2.91. The minimum atomic E-state index is -1.05. The molecule has 2 N–H and O–H groups in total. The van der Waals surface area contributed by atoms with E-state index in [1.54, 1.807) is 19.9 Å². The van der Waals surface area contributed by atoms with Gasteiger partial charge in [-0.2, -0.15) is 0 Å². The molecule has 1 amide bonds. The largest absolute Gasteiger partial charge is 0.508 e. The van der Waals surface area contributed by atoms with Crippen LogP contribution >= 0.6 is 0 Å². The summed E-state index contributed by atoms with van der Waals surface area (Å²) in [5, 5.41) is 18.2. The number of carboxylic acid groups (broad SMARTS) is 1. The fourth-order valence-electron chi connectivity index (χ4n) is 1.99. The van der Waals surface area contributed by atoms with Gasteiger partial charge in [0.15, 0.2) is 5.60 Å². The molecule has 0 radical (unpaired) electrons. The summed E-state index contributed by atoms with van der Waals surface area (Å²) in [6.45, 7) is 3.29. The second-order valence-electron chi connectivity index (χ2n) is 4.86. The predicted octanol–water partition coefficient (Wildman–Crippen LogP) is 1.37. The molecule has 0 atom stereocenters. The van der Waals surface area contributed by atoms with Gasteiger partial charge < -0.3 is 19.8 Å². The van der Waals surface area contributed by atoms with Crippen LogP contribution in [0.4, 0.5) is 5.69 Å². The van der Waals surface area contributed by atoms with E-state index in [1.165, 1.54) is 17.0 Å². The highest BCUT2D eigenvalue weighted by Gasteiger charge is 2.40. The summed E-state index contributed by atoms with van der Waals surface area (Å²) in [6.07, 6.45) is -0.170. The quantitative estimate of drug-likeness (QED) is 0.861. The molecule has 1 aliphatic heterocycles. The summed E-state index contributed by atoms with van der Waals surface area (Å²) in [5.41, 5.74) is -0.659. The van der Waals surface area contributed by atoms with Crippen LogP contribution in [0.5, 0.6) is 11.5 Å². The van der Waals surface area contributed by atoms with Gasteiger partial charge >= 0.3 is 5.97 Å². The summed E-state index contributed by atoms with van der Waals surface area (Å²) >= 11 is 0. The molecule has 0 unspecified atom stereocenters. The SMILES string of the molecule is CC1(C)Oc2ccc(O)cc2N(CCC(=O)O)C1=O. The minimum absolute atomic E-state index is 0.00446. The maximum Gasteiger partial charge on any atom is 0.305 e. The molecular formula is C13H15NO5. The van der Waals surface area contributed by atoms with Gasteiger partial charge in [0, 0.05) is 12.6 Å². The van der Waals surface area contributed by atoms with Crippen molar-refractivity contribution in [1.29, 1.82) is 0 Å². The molecule has 2 rings (SSSR count). The summed E-state index contributed by atoms with van der Waals surface area (Å²) < 4.78 is 5.57. The first-order valence-corrected chi connectivity index (χ1v) is 5.87. The summed E-state index contributed by atoms with van der Waals surface area (Å²) in [7, 11) is 0. The Morgan fingerprint density at radius 3 is 2.74 bits per heavy atom. The normalized spacial score (nSPS) is 16.7. The van der Waals surface area contributed by atoms with Gasteiger partial charge in [-0.15, -0.1) is 0 Å². The van der Waals surface area contributed by atoms with Crippen LogP contribution in [0.15, 0.2) is 18.2 Å². The van der Waals surface area contributed by atoms with Crippen molar-refractivity contribution in [3.05, 3.63) is 18.2 Å². The average molecular weight is 265 g/mol. The van der Waals surface area contributed by atoms with Crippen LogP contribution in [-0.2, 0) is 9.59 Å². The van der Waals surface area contributed by atoms with Gasteiger partial charge in [0.2, 0.25) is 0 Å². The number of carbonyl (C=O) groups is 2. The van der Waals surface area contributed by atoms with E-state index in [0.717, 1.165) is 0 Å². The monoisotopic (exact) mass is 265 g/mol. The number of aliphatic carboxylic acids is 1. The number of hydrogen-bond donors (Lipinski definition) is 2. The number of rotatable bonds is 3. The lowest BCUT2D eigenvalue weighted by Gasteiger charge is -2.38. The van der Waals surface area contributed by atoms with Crippen molar-refractivity contribution in [2.45, 2.75) is 25.9 Å². The standard InChI is InChI=1S/C13H15NO5/c1-13(2)12(18)14(6-5-11(16)17)9-7-8(15)3-4-10(9)19-13/h3-4,7,15H,5-6H2,1-2H3,(H,16,17). The summed E-state index contributed by atoms with van der Waals surface area (Å²) in [4.78, 5) is 24.3. The predicted molar refractivity (Wildman–Crippen MR) is 67.4 cm³/mol. The lowest BCUT2D eigenvalue weighted by atomic mass is 10.0. The van der Waals surface area contributed by atoms with Crippen molar-refractivity contribution in [1.82, 2.24) is 0 Å². The Kier molecular flexibility index (Phi) is 3.09. The lowest BCUT2D eigenvalue weighted by molar-refractivity contribution is -0.137. The molecule has 0 aliphatic carbocycles. The molecule has 1 aromatic rings. The Morgan fingerprint density at radius 2 is 2.11 bits per heavy atom. The fraction of sp³-hybridized carbons (Fsp3) is 0.385. The number of carbonyl (C=O) groups excluding carboxylic acids is 1. The first kappa shape index (κ1) is 13.2.